The third-order valence-electron chi connectivity index (χ3n) is 5.19. The minimum Gasteiger partial charge on any atom is -0.372 e. The van der Waals surface area contributed by atoms with Crippen LogP contribution >= 0.6 is 0 Å². The van der Waals surface area contributed by atoms with Gasteiger partial charge in [-0.25, -0.2) is 0 Å². The first-order chi connectivity index (χ1) is 12.8. The number of nitrogens with zero attached hydrogens (tertiary/aromatic N) is 2. The minimum absolute atomic E-state index is 0.479. The van der Waals surface area contributed by atoms with Gasteiger partial charge in [-0.05, 0) is 43.2 Å². The molecule has 1 unspecified atom stereocenters. The molecule has 1 saturated carbocycles. The molecular formula is C22H36N2O2. The molecule has 0 bridgehead atoms. The van der Waals surface area contributed by atoms with Crippen LogP contribution in [0.4, 0.5) is 0 Å². The maximum atomic E-state index is 5.66. The van der Waals surface area contributed by atoms with Gasteiger partial charge in [-0.15, -0.1) is 0 Å². The molecule has 4 nitrogen and oxygen atoms in total. The summed E-state index contributed by atoms with van der Waals surface area (Å²) in [5, 5.41) is 0. The fraction of sp³-hybridized carbons (Fsp3) is 0.727. The van der Waals surface area contributed by atoms with Gasteiger partial charge in [0.05, 0.1) is 19.4 Å². The molecule has 1 aromatic rings. The number of hydrogen-bond donors (Lipinski definition) is 0. The van der Waals surface area contributed by atoms with Gasteiger partial charge in [-0.1, -0.05) is 37.6 Å². The molecule has 0 N–H and O–H groups in total. The van der Waals surface area contributed by atoms with Gasteiger partial charge in [0.2, 0.25) is 0 Å². The topological polar surface area (TPSA) is 28.2 Å². The first kappa shape index (κ1) is 19.8. The molecule has 2 aliphatic rings. The standard InChI is InChI=1S/C22H36N2O2/c1-3-5-11-23(18-25-4-2)14-20-7-6-8-21(12-20)15-24(13-19-9-10-19)16-22-17-26-22/h6-8,12,19,22H,3-5,9-11,13-18H2,1-2H3. The van der Waals surface area contributed by atoms with E-state index in [9.17, 15) is 0 Å². The zero-order valence-electron chi connectivity index (χ0n) is 16.7. The molecule has 1 aromatic carbocycles. The molecule has 0 radical (unpaired) electrons. The van der Waals surface area contributed by atoms with E-state index in [1.807, 2.05) is 0 Å². The fourth-order valence-electron chi connectivity index (χ4n) is 3.46. The molecule has 0 aromatic heterocycles. The highest BCUT2D eigenvalue weighted by Crippen LogP contribution is 2.30. The summed E-state index contributed by atoms with van der Waals surface area (Å²) >= 11 is 0. The van der Waals surface area contributed by atoms with Gasteiger partial charge in [0.1, 0.15) is 0 Å². The highest BCUT2D eigenvalue weighted by molar-refractivity contribution is 5.23. The summed E-state index contributed by atoms with van der Waals surface area (Å²) in [5.74, 6) is 0.924. The van der Waals surface area contributed by atoms with Crippen molar-refractivity contribution in [3.05, 3.63) is 35.4 Å². The summed E-state index contributed by atoms with van der Waals surface area (Å²) in [6.07, 6.45) is 5.75. The zero-order valence-corrected chi connectivity index (χ0v) is 16.7. The first-order valence-electron chi connectivity index (χ1n) is 10.5. The molecule has 2 fully saturated rings. The Kier molecular flexibility index (Phi) is 7.93. The van der Waals surface area contributed by atoms with Crippen molar-refractivity contribution in [3.8, 4) is 0 Å². The third-order valence-corrected chi connectivity index (χ3v) is 5.19. The van der Waals surface area contributed by atoms with E-state index in [4.69, 9.17) is 9.47 Å². The second kappa shape index (κ2) is 10.4. The van der Waals surface area contributed by atoms with Crippen molar-refractivity contribution in [2.75, 3.05) is 39.6 Å². The smallest absolute Gasteiger partial charge is 0.0992 e. The number of unbranched alkanes of at least 4 members (excludes halogenated alkanes) is 1. The van der Waals surface area contributed by atoms with Crippen LogP contribution in [0.5, 0.6) is 0 Å². The Balaban J connectivity index is 1.56. The van der Waals surface area contributed by atoms with Crippen LogP contribution in [0, 0.1) is 5.92 Å². The van der Waals surface area contributed by atoms with E-state index < -0.39 is 0 Å². The van der Waals surface area contributed by atoms with Crippen molar-refractivity contribution in [3.63, 3.8) is 0 Å². The Hall–Kier alpha value is -0.940. The van der Waals surface area contributed by atoms with Gasteiger partial charge in [0.25, 0.3) is 0 Å². The summed E-state index contributed by atoms with van der Waals surface area (Å²) in [5.41, 5.74) is 2.82. The maximum Gasteiger partial charge on any atom is 0.0992 e. The second-order valence-electron chi connectivity index (χ2n) is 7.94. The maximum absolute atomic E-state index is 5.66. The summed E-state index contributed by atoms with van der Waals surface area (Å²) in [7, 11) is 0. The van der Waals surface area contributed by atoms with Gasteiger partial charge < -0.3 is 9.47 Å². The number of epoxide rings is 1. The normalized spacial score (nSPS) is 19.5. The summed E-state index contributed by atoms with van der Waals surface area (Å²) in [4.78, 5) is 5.02. The van der Waals surface area contributed by atoms with E-state index in [1.54, 1.807) is 0 Å². The van der Waals surface area contributed by atoms with E-state index in [0.717, 1.165) is 52.0 Å². The molecule has 0 spiro atoms. The van der Waals surface area contributed by atoms with Crippen molar-refractivity contribution in [2.24, 2.45) is 5.92 Å². The lowest BCUT2D eigenvalue weighted by molar-refractivity contribution is 0.0300. The lowest BCUT2D eigenvalue weighted by atomic mass is 10.1. The summed E-state index contributed by atoms with van der Waals surface area (Å²) in [6.45, 7) is 12.2. The van der Waals surface area contributed by atoms with Crippen LogP contribution in [-0.4, -0.2) is 55.5 Å². The molecule has 4 heteroatoms. The van der Waals surface area contributed by atoms with Gasteiger partial charge in [-0.2, -0.15) is 0 Å². The quantitative estimate of drug-likeness (QED) is 0.372. The molecule has 1 atom stereocenters. The predicted octanol–water partition coefficient (Wildman–Crippen LogP) is 3.89. The Morgan fingerprint density at radius 1 is 1.08 bits per heavy atom. The van der Waals surface area contributed by atoms with Crippen molar-refractivity contribution >= 4 is 0 Å². The molecule has 1 aliphatic heterocycles. The van der Waals surface area contributed by atoms with Crippen molar-refractivity contribution in [2.45, 2.75) is 58.7 Å². The Morgan fingerprint density at radius 3 is 2.42 bits per heavy atom. The average Bonchev–Trinajstić information content (AvgIpc) is 3.55. The molecule has 26 heavy (non-hydrogen) atoms. The van der Waals surface area contributed by atoms with Crippen LogP contribution in [0.2, 0.25) is 0 Å². The van der Waals surface area contributed by atoms with Crippen LogP contribution < -0.4 is 0 Å². The largest absolute Gasteiger partial charge is 0.372 e. The summed E-state index contributed by atoms with van der Waals surface area (Å²) in [6, 6.07) is 9.13. The van der Waals surface area contributed by atoms with E-state index in [0.29, 0.717) is 6.10 Å². The van der Waals surface area contributed by atoms with E-state index >= 15 is 0 Å². The monoisotopic (exact) mass is 360 g/mol. The zero-order chi connectivity index (χ0) is 18.2. The first-order valence-corrected chi connectivity index (χ1v) is 10.5. The van der Waals surface area contributed by atoms with Gasteiger partial charge in [0, 0.05) is 39.3 Å². The molecule has 1 saturated heterocycles. The predicted molar refractivity (Wildman–Crippen MR) is 106 cm³/mol. The SMILES string of the molecule is CCCCN(COCC)Cc1cccc(CN(CC2CC2)CC2CO2)c1. The van der Waals surface area contributed by atoms with Crippen LogP contribution in [0.1, 0.15) is 50.7 Å². The molecular weight excluding hydrogens is 324 g/mol. The highest BCUT2D eigenvalue weighted by Gasteiger charge is 2.29. The molecule has 146 valence electrons. The molecule has 0 amide bonds. The molecule has 3 rings (SSSR count). The van der Waals surface area contributed by atoms with Gasteiger partial charge in [0.15, 0.2) is 0 Å². The number of rotatable bonds is 14. The lowest BCUT2D eigenvalue weighted by Gasteiger charge is -2.24. The third kappa shape index (κ3) is 7.36. The van der Waals surface area contributed by atoms with Gasteiger partial charge >= 0.3 is 0 Å². The number of benzene rings is 1. The van der Waals surface area contributed by atoms with Crippen LogP contribution in [-0.2, 0) is 22.6 Å². The van der Waals surface area contributed by atoms with E-state index in [1.165, 1.54) is 43.4 Å². The fourth-order valence-corrected chi connectivity index (χ4v) is 3.46. The van der Waals surface area contributed by atoms with Crippen molar-refractivity contribution in [1.82, 2.24) is 9.80 Å². The highest BCUT2D eigenvalue weighted by atomic mass is 16.6. The number of ether oxygens (including phenoxy) is 2. The Bertz CT molecular complexity index is 507. The molecule has 1 aliphatic carbocycles. The lowest BCUT2D eigenvalue weighted by Crippen LogP contribution is -2.30. The second-order valence-corrected chi connectivity index (χ2v) is 7.94. The van der Waals surface area contributed by atoms with E-state index in [2.05, 4.69) is 47.9 Å². The van der Waals surface area contributed by atoms with Crippen LogP contribution in [0.3, 0.4) is 0 Å². The van der Waals surface area contributed by atoms with Crippen LogP contribution in [0.25, 0.3) is 0 Å². The molecule has 1 heterocycles. The minimum atomic E-state index is 0.479. The van der Waals surface area contributed by atoms with Crippen LogP contribution in [0.15, 0.2) is 24.3 Å². The summed E-state index contributed by atoms with van der Waals surface area (Å²) < 4.78 is 11.1. The Labute approximate surface area is 159 Å². The van der Waals surface area contributed by atoms with E-state index in [-0.39, 0.29) is 0 Å². The number of hydrogen-bond acceptors (Lipinski definition) is 4. The average molecular weight is 361 g/mol. The van der Waals surface area contributed by atoms with Crippen molar-refractivity contribution < 1.29 is 9.47 Å². The van der Waals surface area contributed by atoms with Gasteiger partial charge in [-0.3, -0.25) is 9.80 Å². The van der Waals surface area contributed by atoms with Crippen molar-refractivity contribution in [1.29, 1.82) is 0 Å². The Morgan fingerprint density at radius 2 is 1.81 bits per heavy atom.